The van der Waals surface area contributed by atoms with Crippen molar-refractivity contribution in [3.05, 3.63) is 89.2 Å². The molecule has 2 aromatic carbocycles. The lowest BCUT2D eigenvalue weighted by Gasteiger charge is -2.05. The molecular formula is C19H15ClN2O4S. The van der Waals surface area contributed by atoms with Crippen LogP contribution in [0.15, 0.2) is 83.1 Å². The van der Waals surface area contributed by atoms with Crippen LogP contribution in [0.5, 0.6) is 0 Å². The van der Waals surface area contributed by atoms with Crippen LogP contribution >= 0.6 is 11.6 Å². The average Bonchev–Trinajstić information content (AvgIpc) is 3.18. The Bertz CT molecular complexity index is 1090. The Morgan fingerprint density at radius 3 is 2.33 bits per heavy atom. The second-order valence-corrected chi connectivity index (χ2v) is 7.89. The molecule has 8 heteroatoms. The van der Waals surface area contributed by atoms with Crippen molar-refractivity contribution < 1.29 is 18.0 Å². The molecule has 0 saturated carbocycles. The molecule has 3 aromatic rings. The van der Waals surface area contributed by atoms with Crippen LogP contribution in [0.3, 0.4) is 0 Å². The van der Waals surface area contributed by atoms with Gasteiger partial charge < -0.3 is 4.84 Å². The molecule has 0 aliphatic rings. The molecule has 1 aromatic heterocycles. The number of halogens is 1. The Morgan fingerprint density at radius 1 is 1.00 bits per heavy atom. The summed E-state index contributed by atoms with van der Waals surface area (Å²) in [5.41, 5.74) is 1.18. The van der Waals surface area contributed by atoms with Gasteiger partial charge in [-0.1, -0.05) is 35.0 Å². The molecule has 0 radical (unpaired) electrons. The first kappa shape index (κ1) is 18.9. The number of nitrogens with zero attached hydrogens (tertiary/aromatic N) is 2. The van der Waals surface area contributed by atoms with Crippen LogP contribution < -0.4 is 0 Å². The van der Waals surface area contributed by atoms with E-state index in [2.05, 4.69) is 5.16 Å². The van der Waals surface area contributed by atoms with Crippen LogP contribution in [0.4, 0.5) is 0 Å². The lowest BCUT2D eigenvalue weighted by molar-refractivity contribution is 0.0516. The Morgan fingerprint density at radius 2 is 1.67 bits per heavy atom. The normalized spacial score (nSPS) is 12.0. The molecule has 0 bridgehead atoms. The number of oxime groups is 1. The highest BCUT2D eigenvalue weighted by Gasteiger charge is 2.17. The zero-order chi connectivity index (χ0) is 19.4. The summed E-state index contributed by atoms with van der Waals surface area (Å²) < 4.78 is 26.2. The molecule has 3 rings (SSSR count). The summed E-state index contributed by atoms with van der Waals surface area (Å²) in [7, 11) is -3.69. The van der Waals surface area contributed by atoms with Crippen LogP contribution in [0.1, 0.15) is 22.8 Å². The zero-order valence-corrected chi connectivity index (χ0v) is 15.8. The summed E-state index contributed by atoms with van der Waals surface area (Å²) in [6.07, 6.45) is 2.83. The first-order chi connectivity index (χ1) is 12.9. The predicted octanol–water partition coefficient (Wildman–Crippen LogP) is 3.96. The van der Waals surface area contributed by atoms with Gasteiger partial charge in [-0.3, -0.25) is 0 Å². The van der Waals surface area contributed by atoms with E-state index in [1.807, 2.05) is 0 Å². The summed E-state index contributed by atoms with van der Waals surface area (Å²) in [5, 5.41) is 4.29. The van der Waals surface area contributed by atoms with Crippen LogP contribution in [0, 0.1) is 0 Å². The van der Waals surface area contributed by atoms with E-state index in [1.54, 1.807) is 43.3 Å². The van der Waals surface area contributed by atoms with Gasteiger partial charge in [0.05, 0.1) is 16.2 Å². The van der Waals surface area contributed by atoms with Gasteiger partial charge in [0.25, 0.3) is 10.0 Å². The van der Waals surface area contributed by atoms with Gasteiger partial charge in [0.15, 0.2) is 0 Å². The maximum atomic E-state index is 12.6. The topological polar surface area (TPSA) is 77.7 Å². The van der Waals surface area contributed by atoms with Gasteiger partial charge in [0.2, 0.25) is 0 Å². The van der Waals surface area contributed by atoms with E-state index in [4.69, 9.17) is 16.4 Å². The van der Waals surface area contributed by atoms with E-state index in [0.29, 0.717) is 21.9 Å². The van der Waals surface area contributed by atoms with Crippen LogP contribution in [-0.4, -0.2) is 24.1 Å². The molecule has 138 valence electrons. The molecule has 1 heterocycles. The summed E-state index contributed by atoms with van der Waals surface area (Å²) in [4.78, 5) is 17.1. The number of carbonyl (C=O) groups excluding carboxylic acids is 1. The van der Waals surface area contributed by atoms with E-state index >= 15 is 0 Å². The van der Waals surface area contributed by atoms with Gasteiger partial charge in [0.1, 0.15) is 0 Å². The molecule has 0 unspecified atom stereocenters. The number of benzene rings is 2. The van der Waals surface area contributed by atoms with Crippen molar-refractivity contribution >= 4 is 33.3 Å². The van der Waals surface area contributed by atoms with Gasteiger partial charge in [-0.05, 0) is 49.4 Å². The van der Waals surface area contributed by atoms with Crippen LogP contribution in [0.2, 0.25) is 5.02 Å². The van der Waals surface area contributed by atoms with Gasteiger partial charge in [-0.25, -0.2) is 17.2 Å². The molecule has 0 amide bonds. The first-order valence-corrected chi connectivity index (χ1v) is 9.70. The second kappa shape index (κ2) is 7.77. The maximum absolute atomic E-state index is 12.6. The minimum atomic E-state index is -3.69. The van der Waals surface area contributed by atoms with E-state index in [9.17, 15) is 13.2 Å². The van der Waals surface area contributed by atoms with Crippen molar-refractivity contribution in [2.24, 2.45) is 5.16 Å². The molecule has 0 fully saturated rings. The third kappa shape index (κ3) is 4.27. The van der Waals surface area contributed by atoms with Crippen molar-refractivity contribution in [3.8, 4) is 0 Å². The van der Waals surface area contributed by atoms with E-state index in [0.717, 1.165) is 3.97 Å². The number of aromatic nitrogens is 1. The zero-order valence-electron chi connectivity index (χ0n) is 14.2. The fourth-order valence-corrected chi connectivity index (χ4v) is 3.60. The van der Waals surface area contributed by atoms with Gasteiger partial charge in [0, 0.05) is 23.0 Å². The predicted molar refractivity (Wildman–Crippen MR) is 103 cm³/mol. The largest absolute Gasteiger partial charge is 0.365 e. The van der Waals surface area contributed by atoms with Crippen molar-refractivity contribution in [2.75, 3.05) is 0 Å². The molecule has 0 spiro atoms. The van der Waals surface area contributed by atoms with Crippen molar-refractivity contribution in [1.29, 1.82) is 0 Å². The molecule has 0 aliphatic carbocycles. The lowest BCUT2D eigenvalue weighted by atomic mass is 10.2. The van der Waals surface area contributed by atoms with Crippen LogP contribution in [0.25, 0.3) is 0 Å². The SMILES string of the molecule is C/C(=N/OC(=O)c1ccc(Cl)cc1)c1ccn(S(=O)(=O)c2ccccc2)c1. The van der Waals surface area contributed by atoms with E-state index < -0.39 is 16.0 Å². The summed E-state index contributed by atoms with van der Waals surface area (Å²) in [6.45, 7) is 1.62. The Hall–Kier alpha value is -2.90. The Labute approximate surface area is 161 Å². The second-order valence-electron chi connectivity index (χ2n) is 5.61. The number of carbonyl (C=O) groups is 1. The van der Waals surface area contributed by atoms with E-state index in [1.165, 1.54) is 36.7 Å². The Balaban J connectivity index is 1.76. The van der Waals surface area contributed by atoms with Gasteiger partial charge in [-0.15, -0.1) is 0 Å². The van der Waals surface area contributed by atoms with Crippen molar-refractivity contribution in [2.45, 2.75) is 11.8 Å². The number of hydrogen-bond donors (Lipinski definition) is 0. The highest BCUT2D eigenvalue weighted by molar-refractivity contribution is 7.90. The molecule has 0 aliphatic heterocycles. The fourth-order valence-electron chi connectivity index (χ4n) is 2.26. The third-order valence-electron chi connectivity index (χ3n) is 3.75. The number of hydrogen-bond acceptors (Lipinski definition) is 5. The molecular weight excluding hydrogens is 388 g/mol. The number of rotatable bonds is 5. The fraction of sp³-hybridized carbons (Fsp3) is 0.0526. The van der Waals surface area contributed by atoms with Crippen LogP contribution in [-0.2, 0) is 14.9 Å². The molecule has 0 N–H and O–H groups in total. The monoisotopic (exact) mass is 402 g/mol. The van der Waals surface area contributed by atoms with Crippen molar-refractivity contribution in [1.82, 2.24) is 3.97 Å². The average molecular weight is 403 g/mol. The van der Waals surface area contributed by atoms with Gasteiger partial charge >= 0.3 is 5.97 Å². The minimum Gasteiger partial charge on any atom is -0.313 e. The highest BCUT2D eigenvalue weighted by atomic mass is 35.5. The molecule has 0 atom stereocenters. The lowest BCUT2D eigenvalue weighted by Crippen LogP contribution is -2.11. The highest BCUT2D eigenvalue weighted by Crippen LogP contribution is 2.16. The molecule has 0 saturated heterocycles. The quantitative estimate of drug-likeness (QED) is 0.367. The molecule has 6 nitrogen and oxygen atoms in total. The third-order valence-corrected chi connectivity index (χ3v) is 5.65. The maximum Gasteiger partial charge on any atom is 0.365 e. The summed E-state index contributed by atoms with van der Waals surface area (Å²) in [6, 6.07) is 15.9. The summed E-state index contributed by atoms with van der Waals surface area (Å²) in [5.74, 6) is -0.637. The Kier molecular flexibility index (Phi) is 5.43. The molecule has 27 heavy (non-hydrogen) atoms. The first-order valence-electron chi connectivity index (χ1n) is 7.88. The van der Waals surface area contributed by atoms with Gasteiger partial charge in [-0.2, -0.15) is 0 Å². The minimum absolute atomic E-state index is 0.177. The van der Waals surface area contributed by atoms with Crippen molar-refractivity contribution in [3.63, 3.8) is 0 Å². The van der Waals surface area contributed by atoms with E-state index in [-0.39, 0.29) is 4.90 Å². The summed E-state index contributed by atoms with van der Waals surface area (Å²) >= 11 is 5.78. The smallest absolute Gasteiger partial charge is 0.313 e. The standard InChI is InChI=1S/C19H15ClN2O4S/c1-14(21-26-19(23)15-7-9-17(20)10-8-15)16-11-12-22(13-16)27(24,25)18-5-3-2-4-6-18/h2-13H,1H3/b21-14-.